The van der Waals surface area contributed by atoms with E-state index in [1.54, 1.807) is 0 Å². The van der Waals surface area contributed by atoms with Crippen LogP contribution in [-0.2, 0) is 0 Å². The van der Waals surface area contributed by atoms with Gasteiger partial charge in [0.2, 0.25) is 0 Å². The van der Waals surface area contributed by atoms with Crippen molar-refractivity contribution in [2.24, 2.45) is 0 Å². The number of hydrogen-bond donors (Lipinski definition) is 2. The van der Waals surface area contributed by atoms with Gasteiger partial charge in [0.25, 0.3) is 0 Å². The molecule has 5 rings (SSSR count). The highest BCUT2D eigenvalue weighted by atomic mass is 14.8. The number of aromatic amines is 2. The van der Waals surface area contributed by atoms with E-state index in [9.17, 15) is 0 Å². The second-order valence-corrected chi connectivity index (χ2v) is 7.37. The van der Waals surface area contributed by atoms with E-state index in [0.29, 0.717) is 0 Å². The molecule has 146 valence electrons. The third kappa shape index (κ3) is 3.12. The number of rotatable bonds is 3. The van der Waals surface area contributed by atoms with Crippen LogP contribution in [0.2, 0.25) is 0 Å². The molecule has 5 heterocycles. The minimum absolute atomic E-state index is 0.875. The van der Waals surface area contributed by atoms with Crippen molar-refractivity contribution in [1.82, 2.24) is 19.9 Å². The maximum absolute atomic E-state index is 4.92. The Balaban J connectivity index is 1.91. The average molecular weight is 390 g/mol. The molecule has 2 N–H and O–H groups in total. The van der Waals surface area contributed by atoms with Gasteiger partial charge in [0.05, 0.1) is 22.8 Å². The molecule has 0 unspecified atom stereocenters. The molecule has 0 saturated carbocycles. The highest BCUT2D eigenvalue weighted by Gasteiger charge is 2.16. The molecule has 2 aliphatic rings. The lowest BCUT2D eigenvalue weighted by Crippen LogP contribution is -1.82. The van der Waals surface area contributed by atoms with E-state index in [4.69, 9.17) is 9.97 Å². The predicted molar refractivity (Wildman–Crippen MR) is 127 cm³/mol. The smallest absolute Gasteiger partial charge is 0.0733 e. The van der Waals surface area contributed by atoms with Crippen LogP contribution >= 0.6 is 0 Å². The Hall–Kier alpha value is -3.92. The largest absolute Gasteiger partial charge is 0.355 e. The molecule has 0 spiro atoms. The topological polar surface area (TPSA) is 57.4 Å². The number of allylic oxidation sites excluding steroid dienone is 3. The molecule has 3 aromatic rings. The molecule has 3 aromatic heterocycles. The van der Waals surface area contributed by atoms with Gasteiger partial charge in [-0.05, 0) is 72.2 Å². The molecule has 0 saturated heterocycles. The summed E-state index contributed by atoms with van der Waals surface area (Å²) in [5.41, 5.74) is 11.0. The second-order valence-electron chi connectivity index (χ2n) is 7.37. The van der Waals surface area contributed by atoms with E-state index in [2.05, 4.69) is 66.4 Å². The van der Waals surface area contributed by atoms with E-state index in [0.717, 1.165) is 62.4 Å². The van der Waals surface area contributed by atoms with Gasteiger partial charge in [0.1, 0.15) is 0 Å². The van der Waals surface area contributed by atoms with Gasteiger partial charge in [-0.3, -0.25) is 0 Å². The Labute approximate surface area is 175 Å². The predicted octanol–water partition coefficient (Wildman–Crippen LogP) is 6.64. The van der Waals surface area contributed by atoms with Crippen LogP contribution in [0, 0.1) is 0 Å². The lowest BCUT2D eigenvalue weighted by atomic mass is 10.0. The van der Waals surface area contributed by atoms with Gasteiger partial charge in [-0.1, -0.05) is 32.2 Å². The van der Waals surface area contributed by atoms with Crippen LogP contribution in [0.25, 0.3) is 51.4 Å². The molecule has 0 aromatic carbocycles. The van der Waals surface area contributed by atoms with Crippen molar-refractivity contribution in [1.29, 1.82) is 0 Å². The zero-order valence-electron chi connectivity index (χ0n) is 16.9. The van der Waals surface area contributed by atoms with Crippen molar-refractivity contribution in [2.45, 2.75) is 13.3 Å². The number of fused-ring (bicyclic) bond motifs is 8. The molecule has 0 fully saturated rings. The van der Waals surface area contributed by atoms with E-state index in [1.165, 1.54) is 5.57 Å². The zero-order chi connectivity index (χ0) is 20.7. The molecule has 30 heavy (non-hydrogen) atoms. The minimum Gasteiger partial charge on any atom is -0.355 e. The van der Waals surface area contributed by atoms with Crippen LogP contribution in [0.1, 0.15) is 41.7 Å². The molecule has 2 aliphatic heterocycles. The summed E-state index contributed by atoms with van der Waals surface area (Å²) in [5, 5.41) is 0. The summed E-state index contributed by atoms with van der Waals surface area (Å²) >= 11 is 0. The fourth-order valence-electron chi connectivity index (χ4n) is 4.01. The first kappa shape index (κ1) is 18.1. The van der Waals surface area contributed by atoms with Crippen molar-refractivity contribution in [3.63, 3.8) is 0 Å². The van der Waals surface area contributed by atoms with Crippen molar-refractivity contribution in [2.75, 3.05) is 0 Å². The molecule has 0 amide bonds. The van der Waals surface area contributed by atoms with Gasteiger partial charge in [-0.25, -0.2) is 9.97 Å². The molecule has 4 nitrogen and oxygen atoms in total. The van der Waals surface area contributed by atoms with Crippen LogP contribution in [0.15, 0.2) is 61.7 Å². The monoisotopic (exact) mass is 390 g/mol. The van der Waals surface area contributed by atoms with Crippen molar-refractivity contribution >= 4 is 51.4 Å². The van der Waals surface area contributed by atoms with Crippen LogP contribution in [-0.4, -0.2) is 19.9 Å². The fourth-order valence-corrected chi connectivity index (χ4v) is 4.01. The lowest BCUT2D eigenvalue weighted by molar-refractivity contribution is 1.20. The number of nitrogens with one attached hydrogen (secondary N) is 2. The van der Waals surface area contributed by atoms with Gasteiger partial charge in [-0.15, -0.1) is 0 Å². The zero-order valence-corrected chi connectivity index (χ0v) is 16.9. The summed E-state index contributed by atoms with van der Waals surface area (Å²) < 4.78 is 0. The standard InChI is InChI=1S/C26H22N4/c1-4-16-11-21-15-26-23(6-3)22(5-2)25(30-26)14-20-10-8-18(28-20)12-17-7-9-19(27-17)13-24(16)29-21/h4,6-15,27,29H,1,3,5H2,2H3. The Morgan fingerprint density at radius 1 is 0.800 bits per heavy atom. The SMILES string of the molecule is C=CC1=C(CC)c2cc3nc(cc4ccc(cc5[nH]c(cc1n2)cc5C=C)[nH]4)C=C3. The quantitative estimate of drug-likeness (QED) is 0.412. The molecule has 0 aliphatic carbocycles. The number of nitrogens with zero attached hydrogens (tertiary/aromatic N) is 2. The Morgan fingerprint density at radius 2 is 1.57 bits per heavy atom. The van der Waals surface area contributed by atoms with E-state index in [1.807, 2.05) is 30.4 Å². The van der Waals surface area contributed by atoms with Gasteiger partial charge in [0, 0.05) is 27.6 Å². The molecule has 8 bridgehead atoms. The first-order valence-corrected chi connectivity index (χ1v) is 10.1. The first-order chi connectivity index (χ1) is 14.7. The average Bonchev–Trinajstić information content (AvgIpc) is 3.50. The first-order valence-electron chi connectivity index (χ1n) is 10.1. The lowest BCUT2D eigenvalue weighted by Gasteiger charge is -1.99. The van der Waals surface area contributed by atoms with E-state index in [-0.39, 0.29) is 0 Å². The Bertz CT molecular complexity index is 1410. The molecular formula is C26H22N4. The minimum atomic E-state index is 0.875. The Morgan fingerprint density at radius 3 is 2.30 bits per heavy atom. The Kier molecular flexibility index (Phi) is 4.32. The summed E-state index contributed by atoms with van der Waals surface area (Å²) in [4.78, 5) is 16.6. The maximum Gasteiger partial charge on any atom is 0.0733 e. The normalized spacial score (nSPS) is 13.0. The third-order valence-corrected chi connectivity index (χ3v) is 5.42. The highest BCUT2D eigenvalue weighted by Crippen LogP contribution is 2.33. The van der Waals surface area contributed by atoms with Gasteiger partial charge >= 0.3 is 0 Å². The summed E-state index contributed by atoms with van der Waals surface area (Å²) in [5.74, 6) is 0. The van der Waals surface area contributed by atoms with Crippen LogP contribution in [0.3, 0.4) is 0 Å². The van der Waals surface area contributed by atoms with Crippen LogP contribution in [0.4, 0.5) is 0 Å². The van der Waals surface area contributed by atoms with Crippen LogP contribution in [0.5, 0.6) is 0 Å². The van der Waals surface area contributed by atoms with Gasteiger partial charge in [-0.2, -0.15) is 0 Å². The summed E-state index contributed by atoms with van der Waals surface area (Å²) in [6.07, 6.45) is 8.68. The van der Waals surface area contributed by atoms with Crippen LogP contribution < -0.4 is 0 Å². The molecule has 4 heteroatoms. The number of H-pyrrole nitrogens is 2. The summed E-state index contributed by atoms with van der Waals surface area (Å²) in [7, 11) is 0. The second kappa shape index (κ2) is 7.16. The third-order valence-electron chi connectivity index (χ3n) is 5.42. The summed E-state index contributed by atoms with van der Waals surface area (Å²) in [6, 6.07) is 14.5. The number of hydrogen-bond acceptors (Lipinski definition) is 2. The molecular weight excluding hydrogens is 368 g/mol. The molecule has 0 radical (unpaired) electrons. The van der Waals surface area contributed by atoms with Crippen molar-refractivity contribution in [3.05, 3.63) is 90.0 Å². The van der Waals surface area contributed by atoms with Crippen molar-refractivity contribution < 1.29 is 0 Å². The van der Waals surface area contributed by atoms with Gasteiger partial charge < -0.3 is 9.97 Å². The van der Waals surface area contributed by atoms with E-state index >= 15 is 0 Å². The fraction of sp³-hybridized carbons (Fsp3) is 0.0769. The molecule has 0 atom stereocenters. The highest BCUT2D eigenvalue weighted by molar-refractivity contribution is 5.97. The summed E-state index contributed by atoms with van der Waals surface area (Å²) in [6.45, 7) is 10.1. The van der Waals surface area contributed by atoms with E-state index < -0.39 is 0 Å². The number of aromatic nitrogens is 4. The van der Waals surface area contributed by atoms with Gasteiger partial charge in [0.15, 0.2) is 0 Å². The van der Waals surface area contributed by atoms with Crippen molar-refractivity contribution in [3.8, 4) is 0 Å². The maximum atomic E-state index is 4.92.